The third-order valence-corrected chi connectivity index (χ3v) is 4.90. The first-order chi connectivity index (χ1) is 13.2. The number of rotatable bonds is 7. The number of nitrogens with zero attached hydrogens (tertiary/aromatic N) is 1. The molecule has 1 heterocycles. The summed E-state index contributed by atoms with van der Waals surface area (Å²) in [6.07, 6.45) is 1.43. The Morgan fingerprint density at radius 2 is 1.96 bits per heavy atom. The first-order valence-electron chi connectivity index (χ1n) is 8.67. The fourth-order valence-corrected chi connectivity index (χ4v) is 3.70. The second-order valence-electron chi connectivity index (χ2n) is 6.18. The number of carbonyl (C=O) groups excluding carboxylic acids is 3. The van der Waals surface area contributed by atoms with Gasteiger partial charge in [0.25, 0.3) is 11.1 Å². The molecule has 0 saturated carbocycles. The smallest absolute Gasteiger partial charge is 0.328 e. The molecule has 0 bridgehead atoms. The molecule has 0 aliphatic carbocycles. The van der Waals surface area contributed by atoms with Crippen molar-refractivity contribution in [2.45, 2.75) is 39.8 Å². The van der Waals surface area contributed by atoms with Crippen molar-refractivity contribution in [3.05, 3.63) is 27.6 Å². The van der Waals surface area contributed by atoms with Gasteiger partial charge in [0.05, 0.1) is 29.7 Å². The number of carbonyl (C=O) groups is 3. The third kappa shape index (κ3) is 4.80. The summed E-state index contributed by atoms with van der Waals surface area (Å²) >= 11 is 7.09. The predicted molar refractivity (Wildman–Crippen MR) is 108 cm³/mol. The summed E-state index contributed by atoms with van der Waals surface area (Å²) < 4.78 is 15.9. The second-order valence-corrected chi connectivity index (χ2v) is 7.58. The maximum Gasteiger partial charge on any atom is 0.328 e. The van der Waals surface area contributed by atoms with Crippen LogP contribution in [0.15, 0.2) is 17.0 Å². The molecule has 1 aromatic rings. The SMILES string of the molecule is CCOc1cc(/C=C2/SC(=O)N([C@H](C)C(=O)OC)C2=O)cc(Cl)c1OC(C)C. The average Bonchev–Trinajstić information content (AvgIpc) is 2.90. The highest BCUT2D eigenvalue weighted by atomic mass is 35.5. The quantitative estimate of drug-likeness (QED) is 0.478. The van der Waals surface area contributed by atoms with E-state index in [1.54, 1.807) is 12.1 Å². The van der Waals surface area contributed by atoms with Crippen LogP contribution in [-0.4, -0.2) is 47.9 Å². The topological polar surface area (TPSA) is 82.1 Å². The summed E-state index contributed by atoms with van der Waals surface area (Å²) in [5.41, 5.74) is 0.570. The van der Waals surface area contributed by atoms with Crippen LogP contribution < -0.4 is 9.47 Å². The van der Waals surface area contributed by atoms with Crippen molar-refractivity contribution in [3.8, 4) is 11.5 Å². The van der Waals surface area contributed by atoms with E-state index in [0.717, 1.165) is 16.7 Å². The maximum absolute atomic E-state index is 12.6. The first kappa shape index (κ1) is 22.1. The van der Waals surface area contributed by atoms with E-state index in [-0.39, 0.29) is 11.0 Å². The summed E-state index contributed by atoms with van der Waals surface area (Å²) in [7, 11) is 1.20. The Bertz CT molecular complexity index is 823. The summed E-state index contributed by atoms with van der Waals surface area (Å²) in [6, 6.07) is 2.30. The number of imide groups is 1. The Balaban J connectivity index is 2.38. The van der Waals surface area contributed by atoms with Crippen molar-refractivity contribution < 1.29 is 28.6 Å². The van der Waals surface area contributed by atoms with Gasteiger partial charge in [0.2, 0.25) is 0 Å². The Kier molecular flexibility index (Phi) is 7.37. The zero-order chi connectivity index (χ0) is 21.0. The standard InChI is InChI=1S/C19H22ClNO6S/c1-6-26-14-8-12(7-13(20)16(14)27-10(2)3)9-15-17(22)21(19(24)28-15)11(4)18(23)25-5/h7-11H,6H2,1-5H3/b15-9+/t11-/m1/s1. The number of hydrogen-bond donors (Lipinski definition) is 0. The number of benzene rings is 1. The Morgan fingerprint density at radius 3 is 2.54 bits per heavy atom. The lowest BCUT2D eigenvalue weighted by Crippen LogP contribution is -2.42. The summed E-state index contributed by atoms with van der Waals surface area (Å²) in [4.78, 5) is 37.6. The van der Waals surface area contributed by atoms with Crippen molar-refractivity contribution in [1.82, 2.24) is 4.90 Å². The van der Waals surface area contributed by atoms with Crippen LogP contribution in [0.3, 0.4) is 0 Å². The van der Waals surface area contributed by atoms with Gasteiger partial charge in [-0.15, -0.1) is 0 Å². The molecule has 1 aromatic carbocycles. The van der Waals surface area contributed by atoms with Crippen LogP contribution in [0.2, 0.25) is 5.02 Å². The van der Waals surface area contributed by atoms with E-state index in [1.165, 1.54) is 20.1 Å². The van der Waals surface area contributed by atoms with Crippen LogP contribution >= 0.6 is 23.4 Å². The molecule has 0 unspecified atom stereocenters. The number of ether oxygens (including phenoxy) is 3. The van der Waals surface area contributed by atoms with E-state index >= 15 is 0 Å². The molecule has 0 radical (unpaired) electrons. The monoisotopic (exact) mass is 427 g/mol. The Labute approximate surface area is 172 Å². The largest absolute Gasteiger partial charge is 0.490 e. The molecule has 1 atom stereocenters. The number of hydrogen-bond acceptors (Lipinski definition) is 7. The van der Waals surface area contributed by atoms with Crippen molar-refractivity contribution in [1.29, 1.82) is 0 Å². The normalized spacial score (nSPS) is 16.7. The van der Waals surface area contributed by atoms with Gasteiger partial charge in [0.15, 0.2) is 11.5 Å². The molecule has 0 spiro atoms. The minimum absolute atomic E-state index is 0.0983. The van der Waals surface area contributed by atoms with Gasteiger partial charge in [-0.25, -0.2) is 4.79 Å². The predicted octanol–water partition coefficient (Wildman–Crippen LogP) is 4.12. The molecule has 1 saturated heterocycles. The van der Waals surface area contributed by atoms with Crippen molar-refractivity contribution in [3.63, 3.8) is 0 Å². The molecular weight excluding hydrogens is 406 g/mol. The van der Waals surface area contributed by atoms with Gasteiger partial charge in [-0.1, -0.05) is 11.6 Å². The van der Waals surface area contributed by atoms with Gasteiger partial charge >= 0.3 is 5.97 Å². The maximum atomic E-state index is 12.6. The van der Waals surface area contributed by atoms with Crippen LogP contribution in [-0.2, 0) is 14.3 Å². The van der Waals surface area contributed by atoms with Crippen LogP contribution in [0.5, 0.6) is 11.5 Å². The van der Waals surface area contributed by atoms with Crippen LogP contribution in [0.4, 0.5) is 4.79 Å². The molecule has 1 fully saturated rings. The van der Waals surface area contributed by atoms with Crippen molar-refractivity contribution in [2.75, 3.05) is 13.7 Å². The van der Waals surface area contributed by atoms with E-state index in [0.29, 0.717) is 28.7 Å². The molecular formula is C19H22ClNO6S. The van der Waals surface area contributed by atoms with E-state index < -0.39 is 23.2 Å². The van der Waals surface area contributed by atoms with Crippen molar-refractivity contribution >= 4 is 46.6 Å². The van der Waals surface area contributed by atoms with E-state index in [2.05, 4.69) is 4.74 Å². The van der Waals surface area contributed by atoms with Gasteiger partial charge in [-0.3, -0.25) is 14.5 Å². The molecule has 7 nitrogen and oxygen atoms in total. The fourth-order valence-electron chi connectivity index (χ4n) is 2.53. The Morgan fingerprint density at radius 1 is 1.29 bits per heavy atom. The molecule has 0 N–H and O–H groups in total. The van der Waals surface area contributed by atoms with Gasteiger partial charge in [-0.2, -0.15) is 0 Å². The summed E-state index contributed by atoms with van der Waals surface area (Å²) in [6.45, 7) is 7.42. The lowest BCUT2D eigenvalue weighted by Gasteiger charge is -2.18. The summed E-state index contributed by atoms with van der Waals surface area (Å²) in [5, 5.41) is -0.210. The highest BCUT2D eigenvalue weighted by Gasteiger charge is 2.41. The molecule has 152 valence electrons. The number of halogens is 1. The number of thioether (sulfide) groups is 1. The van der Waals surface area contributed by atoms with E-state index in [9.17, 15) is 14.4 Å². The van der Waals surface area contributed by atoms with Gasteiger partial charge < -0.3 is 14.2 Å². The average molecular weight is 428 g/mol. The molecule has 1 aliphatic heterocycles. The third-order valence-electron chi connectivity index (χ3n) is 3.74. The number of amides is 2. The van der Waals surface area contributed by atoms with E-state index in [4.69, 9.17) is 21.1 Å². The zero-order valence-electron chi connectivity index (χ0n) is 16.3. The molecule has 2 amide bonds. The van der Waals surface area contributed by atoms with E-state index in [1.807, 2.05) is 20.8 Å². The highest BCUT2D eigenvalue weighted by Crippen LogP contribution is 2.40. The molecule has 0 aromatic heterocycles. The first-order valence-corrected chi connectivity index (χ1v) is 9.86. The molecule has 1 aliphatic rings. The summed E-state index contributed by atoms with van der Waals surface area (Å²) in [5.74, 6) is -0.370. The molecule has 28 heavy (non-hydrogen) atoms. The van der Waals surface area contributed by atoms with Crippen molar-refractivity contribution in [2.24, 2.45) is 0 Å². The number of methoxy groups -OCH3 is 1. The molecule has 2 rings (SSSR count). The Hall–Kier alpha value is -2.19. The highest BCUT2D eigenvalue weighted by molar-refractivity contribution is 8.18. The minimum Gasteiger partial charge on any atom is -0.490 e. The lowest BCUT2D eigenvalue weighted by atomic mass is 10.1. The second kappa shape index (κ2) is 9.34. The molecule has 9 heteroatoms. The minimum atomic E-state index is -1.01. The van der Waals surface area contributed by atoms with Crippen LogP contribution in [0.1, 0.15) is 33.3 Å². The van der Waals surface area contributed by atoms with Gasteiger partial charge in [0, 0.05) is 0 Å². The number of esters is 1. The van der Waals surface area contributed by atoms with Crippen LogP contribution in [0.25, 0.3) is 6.08 Å². The van der Waals surface area contributed by atoms with Gasteiger partial charge in [-0.05, 0) is 63.2 Å². The zero-order valence-corrected chi connectivity index (χ0v) is 17.8. The van der Waals surface area contributed by atoms with Crippen LogP contribution in [0, 0.1) is 0 Å². The fraction of sp³-hybridized carbons (Fsp3) is 0.421. The van der Waals surface area contributed by atoms with Gasteiger partial charge in [0.1, 0.15) is 6.04 Å². The lowest BCUT2D eigenvalue weighted by molar-refractivity contribution is -0.148.